The Hall–Kier alpha value is -1.77. The highest BCUT2D eigenvalue weighted by Crippen LogP contribution is 2.16. The molecule has 0 unspecified atom stereocenters. The molecule has 0 fully saturated rings. The van der Waals surface area contributed by atoms with Gasteiger partial charge in [0.1, 0.15) is 0 Å². The van der Waals surface area contributed by atoms with Gasteiger partial charge in [-0.2, -0.15) is 0 Å². The summed E-state index contributed by atoms with van der Waals surface area (Å²) in [5.41, 5.74) is 7.56. The number of methoxy groups -OCH3 is 1. The predicted octanol–water partition coefficient (Wildman–Crippen LogP) is 2.87. The quantitative estimate of drug-likeness (QED) is 0.625. The Morgan fingerprint density at radius 2 is 2.25 bits per heavy atom. The first-order valence-electron chi connectivity index (χ1n) is 5.33. The maximum atomic E-state index is 11.5. The third-order valence-electron chi connectivity index (χ3n) is 2.24. The SMILES string of the molecule is CCCC=Cc1ccc(N)cc1C(=O)OC. The van der Waals surface area contributed by atoms with Gasteiger partial charge in [-0.05, 0) is 24.1 Å². The number of hydrogen-bond acceptors (Lipinski definition) is 3. The molecular formula is C13H17NO2. The number of nitrogens with two attached hydrogens (primary N) is 1. The van der Waals surface area contributed by atoms with Crippen molar-refractivity contribution in [1.29, 1.82) is 0 Å². The van der Waals surface area contributed by atoms with Gasteiger partial charge >= 0.3 is 5.97 Å². The zero-order valence-corrected chi connectivity index (χ0v) is 9.69. The second kappa shape index (κ2) is 5.95. The van der Waals surface area contributed by atoms with Crippen molar-refractivity contribution in [3.63, 3.8) is 0 Å². The van der Waals surface area contributed by atoms with E-state index in [4.69, 9.17) is 10.5 Å². The highest BCUT2D eigenvalue weighted by atomic mass is 16.5. The number of carbonyl (C=O) groups is 1. The van der Waals surface area contributed by atoms with Crippen molar-refractivity contribution >= 4 is 17.7 Å². The van der Waals surface area contributed by atoms with Gasteiger partial charge in [0.25, 0.3) is 0 Å². The van der Waals surface area contributed by atoms with Crippen molar-refractivity contribution < 1.29 is 9.53 Å². The number of hydrogen-bond donors (Lipinski definition) is 1. The highest BCUT2D eigenvalue weighted by Gasteiger charge is 2.09. The molecule has 1 aromatic carbocycles. The van der Waals surface area contributed by atoms with Gasteiger partial charge < -0.3 is 10.5 Å². The number of rotatable bonds is 4. The average Bonchev–Trinajstić information content (AvgIpc) is 2.30. The summed E-state index contributed by atoms with van der Waals surface area (Å²) in [6.45, 7) is 2.11. The zero-order chi connectivity index (χ0) is 12.0. The third kappa shape index (κ3) is 3.12. The van der Waals surface area contributed by atoms with Crippen LogP contribution >= 0.6 is 0 Å². The third-order valence-corrected chi connectivity index (χ3v) is 2.24. The van der Waals surface area contributed by atoms with Crippen molar-refractivity contribution in [2.45, 2.75) is 19.8 Å². The largest absolute Gasteiger partial charge is 0.465 e. The predicted molar refractivity (Wildman–Crippen MR) is 66.1 cm³/mol. The van der Waals surface area contributed by atoms with Gasteiger partial charge in [-0.1, -0.05) is 31.6 Å². The molecule has 0 aliphatic carbocycles. The lowest BCUT2D eigenvalue weighted by molar-refractivity contribution is 0.0600. The Balaban J connectivity index is 3.02. The van der Waals surface area contributed by atoms with E-state index in [1.54, 1.807) is 12.1 Å². The van der Waals surface area contributed by atoms with Crippen LogP contribution < -0.4 is 5.73 Å². The molecule has 16 heavy (non-hydrogen) atoms. The van der Waals surface area contributed by atoms with Crippen LogP contribution in [0.4, 0.5) is 5.69 Å². The van der Waals surface area contributed by atoms with Crippen LogP contribution in [0.5, 0.6) is 0 Å². The maximum absolute atomic E-state index is 11.5. The van der Waals surface area contributed by atoms with E-state index in [1.165, 1.54) is 7.11 Å². The minimum atomic E-state index is -0.358. The summed E-state index contributed by atoms with van der Waals surface area (Å²) in [4.78, 5) is 11.5. The van der Waals surface area contributed by atoms with Gasteiger partial charge in [0.05, 0.1) is 12.7 Å². The van der Waals surface area contributed by atoms with E-state index < -0.39 is 0 Å². The van der Waals surface area contributed by atoms with E-state index in [0.29, 0.717) is 11.3 Å². The summed E-state index contributed by atoms with van der Waals surface area (Å²) in [7, 11) is 1.37. The van der Waals surface area contributed by atoms with Crippen LogP contribution in [0.15, 0.2) is 24.3 Å². The van der Waals surface area contributed by atoms with Gasteiger partial charge in [0.2, 0.25) is 0 Å². The summed E-state index contributed by atoms with van der Waals surface area (Å²) >= 11 is 0. The number of nitrogen functional groups attached to an aromatic ring is 1. The zero-order valence-electron chi connectivity index (χ0n) is 9.69. The molecule has 3 heteroatoms. The van der Waals surface area contributed by atoms with E-state index in [-0.39, 0.29) is 5.97 Å². The molecule has 0 spiro atoms. The van der Waals surface area contributed by atoms with Crippen LogP contribution in [0.2, 0.25) is 0 Å². The lowest BCUT2D eigenvalue weighted by atomic mass is 10.1. The lowest BCUT2D eigenvalue weighted by Crippen LogP contribution is -2.04. The fourth-order valence-electron chi connectivity index (χ4n) is 1.38. The minimum absolute atomic E-state index is 0.358. The molecule has 0 heterocycles. The van der Waals surface area contributed by atoms with Gasteiger partial charge in [0, 0.05) is 5.69 Å². The van der Waals surface area contributed by atoms with Gasteiger partial charge in [-0.3, -0.25) is 0 Å². The molecule has 0 bridgehead atoms. The Morgan fingerprint density at radius 3 is 2.88 bits per heavy atom. The molecule has 0 aliphatic rings. The van der Waals surface area contributed by atoms with Crippen LogP contribution in [0.1, 0.15) is 35.7 Å². The topological polar surface area (TPSA) is 52.3 Å². The van der Waals surface area contributed by atoms with Crippen LogP contribution in [0.3, 0.4) is 0 Å². The monoisotopic (exact) mass is 219 g/mol. The molecule has 2 N–H and O–H groups in total. The van der Waals surface area contributed by atoms with E-state index in [1.807, 2.05) is 18.2 Å². The highest BCUT2D eigenvalue weighted by molar-refractivity contribution is 5.94. The molecule has 0 saturated carbocycles. The summed E-state index contributed by atoms with van der Waals surface area (Å²) in [5.74, 6) is -0.358. The van der Waals surface area contributed by atoms with Crippen molar-refractivity contribution in [1.82, 2.24) is 0 Å². The number of esters is 1. The number of anilines is 1. The molecule has 3 nitrogen and oxygen atoms in total. The van der Waals surface area contributed by atoms with Crippen LogP contribution in [0, 0.1) is 0 Å². The number of benzene rings is 1. The molecule has 0 aliphatic heterocycles. The minimum Gasteiger partial charge on any atom is -0.465 e. The van der Waals surface area contributed by atoms with E-state index in [0.717, 1.165) is 18.4 Å². The smallest absolute Gasteiger partial charge is 0.338 e. The van der Waals surface area contributed by atoms with Crippen molar-refractivity contribution in [2.24, 2.45) is 0 Å². The summed E-state index contributed by atoms with van der Waals surface area (Å²) in [5, 5.41) is 0. The summed E-state index contributed by atoms with van der Waals surface area (Å²) in [6, 6.07) is 5.24. The van der Waals surface area contributed by atoms with E-state index in [2.05, 4.69) is 6.92 Å². The van der Waals surface area contributed by atoms with E-state index >= 15 is 0 Å². The molecule has 0 atom stereocenters. The van der Waals surface area contributed by atoms with Crippen molar-refractivity contribution in [3.05, 3.63) is 35.4 Å². The number of unbranched alkanes of at least 4 members (excludes halogenated alkanes) is 1. The molecule has 86 valence electrons. The molecule has 0 saturated heterocycles. The van der Waals surface area contributed by atoms with Crippen molar-refractivity contribution in [3.8, 4) is 0 Å². The Bertz CT molecular complexity index is 397. The first kappa shape index (κ1) is 12.3. The lowest BCUT2D eigenvalue weighted by Gasteiger charge is -2.05. The summed E-state index contributed by atoms with van der Waals surface area (Å²) in [6.07, 6.45) is 6.04. The molecule has 0 aromatic heterocycles. The normalized spacial score (nSPS) is 10.6. The van der Waals surface area contributed by atoms with Gasteiger partial charge in [-0.15, -0.1) is 0 Å². The van der Waals surface area contributed by atoms with Gasteiger partial charge in [0.15, 0.2) is 0 Å². The number of ether oxygens (including phenoxy) is 1. The first-order valence-corrected chi connectivity index (χ1v) is 5.33. The van der Waals surface area contributed by atoms with Gasteiger partial charge in [-0.25, -0.2) is 4.79 Å². The molecule has 1 rings (SSSR count). The standard InChI is InChI=1S/C13H17NO2/c1-3-4-5-6-10-7-8-11(14)9-12(10)13(15)16-2/h5-9H,3-4,14H2,1-2H3. The maximum Gasteiger partial charge on any atom is 0.338 e. The summed E-state index contributed by atoms with van der Waals surface area (Å²) < 4.78 is 4.71. The number of allylic oxidation sites excluding steroid dienone is 1. The Labute approximate surface area is 95.9 Å². The molecule has 0 amide bonds. The van der Waals surface area contributed by atoms with Crippen molar-refractivity contribution in [2.75, 3.05) is 12.8 Å². The fraction of sp³-hybridized carbons (Fsp3) is 0.308. The fourth-order valence-corrected chi connectivity index (χ4v) is 1.38. The molecular weight excluding hydrogens is 202 g/mol. The second-order valence-corrected chi connectivity index (χ2v) is 3.53. The van der Waals surface area contributed by atoms with Crippen LogP contribution in [0.25, 0.3) is 6.08 Å². The second-order valence-electron chi connectivity index (χ2n) is 3.53. The average molecular weight is 219 g/mol. The molecule has 0 radical (unpaired) electrons. The Morgan fingerprint density at radius 1 is 1.50 bits per heavy atom. The molecule has 1 aromatic rings. The first-order chi connectivity index (χ1) is 7.69. The van der Waals surface area contributed by atoms with E-state index in [9.17, 15) is 4.79 Å². The number of carbonyl (C=O) groups excluding carboxylic acids is 1. The van der Waals surface area contributed by atoms with Crippen LogP contribution in [-0.2, 0) is 4.74 Å². The van der Waals surface area contributed by atoms with Crippen LogP contribution in [-0.4, -0.2) is 13.1 Å². The Kier molecular flexibility index (Phi) is 4.58.